The number of anilines is 1. The van der Waals surface area contributed by atoms with Crippen LogP contribution in [-0.2, 0) is 10.9 Å². The number of ether oxygens (including phenoxy) is 1. The molecule has 1 aromatic carbocycles. The zero-order chi connectivity index (χ0) is 25.7. The Kier molecular flexibility index (Phi) is 8.19. The van der Waals surface area contributed by atoms with Crippen molar-refractivity contribution in [2.75, 3.05) is 51.3 Å². The normalized spacial score (nSPS) is 15.6. The van der Waals surface area contributed by atoms with E-state index in [1.807, 2.05) is 4.90 Å². The number of amides is 1. The molecule has 1 unspecified atom stereocenters. The van der Waals surface area contributed by atoms with Gasteiger partial charge in [-0.2, -0.15) is 13.2 Å². The van der Waals surface area contributed by atoms with Crippen molar-refractivity contribution in [2.45, 2.75) is 12.2 Å². The summed E-state index contributed by atoms with van der Waals surface area (Å²) in [5.74, 6) is -1.13. The zero-order valence-corrected chi connectivity index (χ0v) is 19.8. The molecule has 36 heavy (non-hydrogen) atoms. The number of aromatic nitrogens is 3. The minimum atomic E-state index is -4.65. The molecule has 0 bridgehead atoms. The van der Waals surface area contributed by atoms with Gasteiger partial charge in [0.25, 0.3) is 5.91 Å². The van der Waals surface area contributed by atoms with Crippen molar-refractivity contribution in [2.24, 2.45) is 0 Å². The van der Waals surface area contributed by atoms with E-state index >= 15 is 0 Å². The van der Waals surface area contributed by atoms with Gasteiger partial charge >= 0.3 is 6.18 Å². The number of morpholine rings is 1. The van der Waals surface area contributed by atoms with Crippen LogP contribution in [0.25, 0.3) is 10.9 Å². The molecule has 0 aliphatic carbocycles. The first-order chi connectivity index (χ1) is 17.3. The number of rotatable bonds is 8. The Balaban J connectivity index is 1.57. The van der Waals surface area contributed by atoms with Crippen molar-refractivity contribution in [3.8, 4) is 0 Å². The van der Waals surface area contributed by atoms with Gasteiger partial charge in [0.15, 0.2) is 0 Å². The topological polar surface area (TPSA) is 113 Å². The molecule has 1 saturated heterocycles. The molecule has 1 amide bonds. The van der Waals surface area contributed by atoms with E-state index in [0.29, 0.717) is 55.1 Å². The van der Waals surface area contributed by atoms with Crippen molar-refractivity contribution in [1.82, 2.24) is 25.2 Å². The fourth-order valence-electron chi connectivity index (χ4n) is 3.97. The van der Waals surface area contributed by atoms with E-state index in [1.165, 1.54) is 0 Å². The van der Waals surface area contributed by atoms with Crippen LogP contribution in [0.4, 0.5) is 19.0 Å². The molecule has 1 fully saturated rings. The van der Waals surface area contributed by atoms with Gasteiger partial charge in [0.2, 0.25) is 5.82 Å². The van der Waals surface area contributed by atoms with E-state index in [-0.39, 0.29) is 23.7 Å². The van der Waals surface area contributed by atoms with Gasteiger partial charge in [-0.15, -0.1) is 0 Å². The number of benzene rings is 1. The first-order valence-corrected chi connectivity index (χ1v) is 11.6. The molecule has 1 atom stereocenters. The molecule has 0 spiro atoms. The monoisotopic (exact) mass is 524 g/mol. The molecule has 1 aliphatic rings. The van der Waals surface area contributed by atoms with E-state index in [2.05, 4.69) is 25.6 Å². The fourth-order valence-corrected chi connectivity index (χ4v) is 4.22. The lowest BCUT2D eigenvalue weighted by molar-refractivity contribution is -0.145. The molecular weight excluding hydrogens is 501 g/mol. The summed E-state index contributed by atoms with van der Waals surface area (Å²) in [6.07, 6.45) is -2.37. The van der Waals surface area contributed by atoms with Crippen molar-refractivity contribution >= 4 is 34.2 Å². The number of hydrogen-bond acceptors (Lipinski definition) is 8. The van der Waals surface area contributed by atoms with Crippen LogP contribution in [0.3, 0.4) is 0 Å². The Labute approximate surface area is 209 Å². The summed E-state index contributed by atoms with van der Waals surface area (Å²) in [6, 6.07) is 6.19. The molecule has 4 rings (SSSR count). The number of pyridine rings is 1. The van der Waals surface area contributed by atoms with E-state index in [9.17, 15) is 18.0 Å². The number of alkyl halides is 3. The second kappa shape index (κ2) is 11.3. The number of fused-ring (bicyclic) bond motifs is 1. The summed E-state index contributed by atoms with van der Waals surface area (Å²) in [7, 11) is 0. The van der Waals surface area contributed by atoms with E-state index in [0.717, 1.165) is 12.4 Å². The lowest BCUT2D eigenvalue weighted by Crippen LogP contribution is -2.44. The summed E-state index contributed by atoms with van der Waals surface area (Å²) < 4.78 is 44.2. The Morgan fingerprint density at radius 1 is 1.17 bits per heavy atom. The summed E-state index contributed by atoms with van der Waals surface area (Å²) in [5, 5.41) is 15.6. The first kappa shape index (κ1) is 26.0. The van der Waals surface area contributed by atoms with Gasteiger partial charge in [-0.05, 0) is 24.3 Å². The lowest BCUT2D eigenvalue weighted by atomic mass is 10.1. The van der Waals surface area contributed by atoms with Crippen molar-refractivity contribution in [1.29, 1.82) is 0 Å². The molecular formula is C23H24ClF3N6O3. The van der Waals surface area contributed by atoms with Crippen molar-refractivity contribution in [3.05, 3.63) is 58.6 Å². The maximum Gasteiger partial charge on any atom is 0.451 e. The summed E-state index contributed by atoms with van der Waals surface area (Å²) in [5.41, 5.74) is 1.21. The number of carbonyl (C=O) groups excluding carboxylic acids is 1. The number of hydrogen-bond donors (Lipinski definition) is 3. The van der Waals surface area contributed by atoms with Gasteiger partial charge in [0.1, 0.15) is 5.82 Å². The number of nitrogens with zero attached hydrogens (tertiary/aromatic N) is 4. The molecule has 192 valence electrons. The van der Waals surface area contributed by atoms with Gasteiger partial charge < -0.3 is 20.5 Å². The van der Waals surface area contributed by atoms with Crippen molar-refractivity contribution < 1.29 is 27.8 Å². The molecule has 3 aromatic rings. The molecule has 3 heterocycles. The average Bonchev–Trinajstić information content (AvgIpc) is 2.87. The first-order valence-electron chi connectivity index (χ1n) is 11.2. The molecule has 3 N–H and O–H groups in total. The number of halogens is 4. The summed E-state index contributed by atoms with van der Waals surface area (Å²) >= 11 is 6.37. The number of carbonyl (C=O) groups is 1. The molecule has 2 aromatic heterocycles. The molecule has 0 saturated carbocycles. The second-order valence-electron chi connectivity index (χ2n) is 8.05. The Morgan fingerprint density at radius 3 is 2.56 bits per heavy atom. The van der Waals surface area contributed by atoms with Crippen LogP contribution in [0.5, 0.6) is 0 Å². The Bertz CT molecular complexity index is 1210. The van der Waals surface area contributed by atoms with Crippen LogP contribution in [0, 0.1) is 0 Å². The fraction of sp³-hybridized carbons (Fsp3) is 0.391. The largest absolute Gasteiger partial charge is 0.451 e. The second-order valence-corrected chi connectivity index (χ2v) is 8.46. The van der Waals surface area contributed by atoms with Gasteiger partial charge in [-0.1, -0.05) is 11.6 Å². The van der Waals surface area contributed by atoms with Crippen LogP contribution in [0.1, 0.15) is 27.8 Å². The van der Waals surface area contributed by atoms with E-state index in [1.54, 1.807) is 24.3 Å². The standard InChI is InChI=1S/C23H24ClF3N6O3/c24-16-2-3-17-15(1-4-19(32-17)28-5-8-34)20(16)21(35)29-13-18(33-6-9-36-10-7-33)14-11-30-22(31-12-14)23(25,26)27/h1-4,11-12,18,34H,5-10,13H2,(H,28,32)(H,29,35). The minimum absolute atomic E-state index is 0.0533. The zero-order valence-electron chi connectivity index (χ0n) is 19.1. The number of aliphatic hydroxyl groups excluding tert-OH is 1. The predicted molar refractivity (Wildman–Crippen MR) is 127 cm³/mol. The van der Waals surface area contributed by atoms with Crippen molar-refractivity contribution in [3.63, 3.8) is 0 Å². The van der Waals surface area contributed by atoms with Gasteiger partial charge in [-0.25, -0.2) is 15.0 Å². The van der Waals surface area contributed by atoms with E-state index in [4.69, 9.17) is 21.4 Å². The SMILES string of the molecule is O=C(NCC(c1cnc(C(F)(F)F)nc1)N1CCOCC1)c1c(Cl)ccc2nc(NCCO)ccc12. The molecule has 9 nitrogen and oxygen atoms in total. The molecule has 1 aliphatic heterocycles. The maximum absolute atomic E-state index is 13.2. The Morgan fingerprint density at radius 2 is 1.89 bits per heavy atom. The van der Waals surface area contributed by atoms with Crippen LogP contribution in [0.2, 0.25) is 5.02 Å². The van der Waals surface area contributed by atoms with Crippen LogP contribution >= 0.6 is 11.6 Å². The third kappa shape index (κ3) is 6.01. The minimum Gasteiger partial charge on any atom is -0.395 e. The third-order valence-electron chi connectivity index (χ3n) is 5.72. The summed E-state index contributed by atoms with van der Waals surface area (Å²) in [4.78, 5) is 26.7. The lowest BCUT2D eigenvalue weighted by Gasteiger charge is -2.34. The number of nitrogens with one attached hydrogen (secondary N) is 2. The van der Waals surface area contributed by atoms with E-state index < -0.39 is 23.9 Å². The highest BCUT2D eigenvalue weighted by atomic mass is 35.5. The highest BCUT2D eigenvalue weighted by molar-refractivity contribution is 6.35. The van der Waals surface area contributed by atoms with Gasteiger partial charge in [-0.3, -0.25) is 9.69 Å². The van der Waals surface area contributed by atoms with Crippen LogP contribution in [0.15, 0.2) is 36.7 Å². The predicted octanol–water partition coefficient (Wildman–Crippen LogP) is 2.90. The quantitative estimate of drug-likeness (QED) is 0.412. The maximum atomic E-state index is 13.2. The third-order valence-corrected chi connectivity index (χ3v) is 6.03. The highest BCUT2D eigenvalue weighted by Gasteiger charge is 2.35. The molecule has 0 radical (unpaired) electrons. The Hall–Kier alpha value is -3.06. The number of aliphatic hydroxyl groups is 1. The van der Waals surface area contributed by atoms with Gasteiger partial charge in [0.05, 0.1) is 42.0 Å². The van der Waals surface area contributed by atoms with Crippen LogP contribution in [-0.4, -0.2) is 76.9 Å². The average molecular weight is 525 g/mol. The summed E-state index contributed by atoms with van der Waals surface area (Å²) in [6.45, 7) is 2.34. The highest BCUT2D eigenvalue weighted by Crippen LogP contribution is 2.29. The van der Waals surface area contributed by atoms with Crippen LogP contribution < -0.4 is 10.6 Å². The smallest absolute Gasteiger partial charge is 0.395 e. The molecule has 13 heteroatoms. The van der Waals surface area contributed by atoms with Gasteiger partial charge in [0, 0.05) is 49.5 Å².